The number of amides is 1. The van der Waals surface area contributed by atoms with Crippen LogP contribution in [-0.4, -0.2) is 45.0 Å². The number of hydrogen-bond acceptors (Lipinski definition) is 3. The van der Waals surface area contributed by atoms with Crippen molar-refractivity contribution >= 4 is 15.9 Å². The molecule has 1 rings (SSSR count). The van der Waals surface area contributed by atoms with Gasteiger partial charge < -0.3 is 5.32 Å². The minimum atomic E-state index is -3.12. The summed E-state index contributed by atoms with van der Waals surface area (Å²) in [7, 11) is -1.58. The Kier molecular flexibility index (Phi) is 4.10. The van der Waals surface area contributed by atoms with Crippen LogP contribution in [0.4, 0.5) is 0 Å². The van der Waals surface area contributed by atoms with Crippen molar-refractivity contribution in [2.24, 2.45) is 5.92 Å². The normalized spacial score (nSPS) is 22.9. The third-order valence-corrected chi connectivity index (χ3v) is 4.07. The summed E-state index contributed by atoms with van der Waals surface area (Å²) in [5, 5.41) is 2.79. The van der Waals surface area contributed by atoms with Crippen molar-refractivity contribution in [3.05, 3.63) is 0 Å². The lowest BCUT2D eigenvalue weighted by Crippen LogP contribution is -2.38. The second-order valence-corrected chi connectivity index (χ2v) is 6.09. The molecule has 0 saturated carbocycles. The van der Waals surface area contributed by atoms with Gasteiger partial charge in [-0.15, -0.1) is 0 Å². The Morgan fingerprint density at radius 2 is 2.20 bits per heavy atom. The second-order valence-electron chi connectivity index (χ2n) is 4.00. The van der Waals surface area contributed by atoms with Crippen LogP contribution >= 0.6 is 0 Å². The van der Waals surface area contributed by atoms with Crippen molar-refractivity contribution < 1.29 is 13.2 Å². The summed E-state index contributed by atoms with van der Waals surface area (Å²) in [6.07, 6.45) is 3.63. The first kappa shape index (κ1) is 12.4. The average molecular weight is 234 g/mol. The summed E-state index contributed by atoms with van der Waals surface area (Å²) >= 11 is 0. The zero-order chi connectivity index (χ0) is 11.5. The number of rotatable bonds is 4. The van der Waals surface area contributed by atoms with Crippen LogP contribution in [0.1, 0.15) is 19.3 Å². The molecule has 1 atom stereocenters. The van der Waals surface area contributed by atoms with E-state index in [9.17, 15) is 13.2 Å². The molecule has 1 aliphatic rings. The maximum absolute atomic E-state index is 11.4. The number of sulfonamides is 1. The van der Waals surface area contributed by atoms with Gasteiger partial charge in [-0.3, -0.25) is 4.79 Å². The predicted octanol–water partition coefficient (Wildman–Crippen LogP) is -0.206. The van der Waals surface area contributed by atoms with Crippen molar-refractivity contribution in [1.29, 1.82) is 0 Å². The largest absolute Gasteiger partial charge is 0.356 e. The Bertz CT molecular complexity index is 326. The van der Waals surface area contributed by atoms with Gasteiger partial charge in [-0.2, -0.15) is 0 Å². The molecule has 1 amide bonds. The molecule has 0 aromatic heterocycles. The molecule has 1 saturated heterocycles. The molecular weight excluding hydrogens is 216 g/mol. The number of piperidine rings is 1. The second kappa shape index (κ2) is 4.94. The van der Waals surface area contributed by atoms with Crippen LogP contribution in [0.25, 0.3) is 0 Å². The molecule has 5 nitrogen and oxygen atoms in total. The summed E-state index contributed by atoms with van der Waals surface area (Å²) < 4.78 is 23.5. The quantitative estimate of drug-likeness (QED) is 0.732. The van der Waals surface area contributed by atoms with E-state index < -0.39 is 10.0 Å². The molecule has 0 spiro atoms. The van der Waals surface area contributed by atoms with E-state index in [0.717, 1.165) is 19.4 Å². The highest BCUT2D eigenvalue weighted by molar-refractivity contribution is 7.88. The number of carbonyl (C=O) groups excluding carboxylic acids is 1. The topological polar surface area (TPSA) is 66.5 Å². The molecule has 0 radical (unpaired) electrons. The highest BCUT2D eigenvalue weighted by Crippen LogP contribution is 2.15. The molecule has 15 heavy (non-hydrogen) atoms. The molecule has 88 valence electrons. The molecule has 0 bridgehead atoms. The van der Waals surface area contributed by atoms with Crippen LogP contribution in [0.2, 0.25) is 0 Å². The molecular formula is C9H18N2O3S. The number of carbonyl (C=O) groups is 1. The first-order valence-corrected chi connectivity index (χ1v) is 6.95. The minimum Gasteiger partial charge on any atom is -0.356 e. The smallest absolute Gasteiger partial charge is 0.223 e. The third-order valence-electron chi connectivity index (χ3n) is 2.76. The highest BCUT2D eigenvalue weighted by Gasteiger charge is 2.23. The Balaban J connectivity index is 2.39. The minimum absolute atomic E-state index is 0.0250. The van der Waals surface area contributed by atoms with Crippen LogP contribution in [0.3, 0.4) is 0 Å². The summed E-state index contributed by atoms with van der Waals surface area (Å²) in [4.78, 5) is 11.4. The fourth-order valence-electron chi connectivity index (χ4n) is 1.61. The molecule has 1 unspecified atom stereocenters. The van der Waals surface area contributed by atoms with E-state index in [1.165, 1.54) is 17.6 Å². The fourth-order valence-corrected chi connectivity index (χ4v) is 2.05. The van der Waals surface area contributed by atoms with Gasteiger partial charge in [-0.1, -0.05) is 0 Å². The maximum atomic E-state index is 11.4. The lowest BCUT2D eigenvalue weighted by atomic mass is 9.95. The zero-order valence-electron chi connectivity index (χ0n) is 9.19. The summed E-state index contributed by atoms with van der Waals surface area (Å²) in [5.74, 6) is 0.0334. The van der Waals surface area contributed by atoms with Crippen LogP contribution in [-0.2, 0) is 14.8 Å². The summed E-state index contributed by atoms with van der Waals surface area (Å²) in [5.41, 5.74) is 0. The van der Waals surface area contributed by atoms with Crippen LogP contribution in [0, 0.1) is 5.92 Å². The first-order valence-electron chi connectivity index (χ1n) is 5.10. The SMILES string of the molecule is CN(CCC1CCCNC1=O)S(C)(=O)=O. The lowest BCUT2D eigenvalue weighted by molar-refractivity contribution is -0.126. The fraction of sp³-hybridized carbons (Fsp3) is 0.889. The van der Waals surface area contributed by atoms with Gasteiger partial charge >= 0.3 is 0 Å². The molecule has 1 aliphatic heterocycles. The average Bonchev–Trinajstić information content (AvgIpc) is 2.14. The maximum Gasteiger partial charge on any atom is 0.223 e. The van der Waals surface area contributed by atoms with E-state index in [0.29, 0.717) is 13.0 Å². The molecule has 1 fully saturated rings. The summed E-state index contributed by atoms with van der Waals surface area (Å²) in [6.45, 7) is 1.16. The van der Waals surface area contributed by atoms with E-state index in [2.05, 4.69) is 5.32 Å². The van der Waals surface area contributed by atoms with E-state index >= 15 is 0 Å². The van der Waals surface area contributed by atoms with Crippen LogP contribution < -0.4 is 5.32 Å². The first-order chi connectivity index (χ1) is 6.91. The lowest BCUT2D eigenvalue weighted by Gasteiger charge is -2.23. The van der Waals surface area contributed by atoms with E-state index in [4.69, 9.17) is 0 Å². The van der Waals surface area contributed by atoms with Gasteiger partial charge in [0.05, 0.1) is 6.26 Å². The van der Waals surface area contributed by atoms with Gasteiger partial charge in [-0.05, 0) is 19.3 Å². The van der Waals surface area contributed by atoms with Crippen molar-refractivity contribution in [3.8, 4) is 0 Å². The highest BCUT2D eigenvalue weighted by atomic mass is 32.2. The van der Waals surface area contributed by atoms with Crippen molar-refractivity contribution in [3.63, 3.8) is 0 Å². The van der Waals surface area contributed by atoms with Gasteiger partial charge in [0, 0.05) is 26.1 Å². The Morgan fingerprint density at radius 1 is 1.53 bits per heavy atom. The van der Waals surface area contributed by atoms with Crippen molar-refractivity contribution in [2.75, 3.05) is 26.4 Å². The van der Waals surface area contributed by atoms with E-state index in [1.54, 1.807) is 0 Å². The Hall–Kier alpha value is -0.620. The summed E-state index contributed by atoms with van der Waals surface area (Å²) in [6, 6.07) is 0. The van der Waals surface area contributed by atoms with Crippen molar-refractivity contribution in [1.82, 2.24) is 9.62 Å². The zero-order valence-corrected chi connectivity index (χ0v) is 10.0. The van der Waals surface area contributed by atoms with Gasteiger partial charge in [0.25, 0.3) is 0 Å². The monoisotopic (exact) mass is 234 g/mol. The Morgan fingerprint density at radius 3 is 2.73 bits per heavy atom. The van der Waals surface area contributed by atoms with Gasteiger partial charge in [-0.25, -0.2) is 12.7 Å². The molecule has 1 N–H and O–H groups in total. The molecule has 0 aromatic carbocycles. The van der Waals surface area contributed by atoms with E-state index in [-0.39, 0.29) is 11.8 Å². The number of nitrogens with zero attached hydrogens (tertiary/aromatic N) is 1. The number of hydrogen-bond donors (Lipinski definition) is 1. The molecule has 1 heterocycles. The van der Waals surface area contributed by atoms with Crippen LogP contribution in [0.15, 0.2) is 0 Å². The van der Waals surface area contributed by atoms with Gasteiger partial charge in [0.15, 0.2) is 0 Å². The van der Waals surface area contributed by atoms with Gasteiger partial charge in [0.2, 0.25) is 15.9 Å². The third kappa shape index (κ3) is 3.79. The van der Waals surface area contributed by atoms with Gasteiger partial charge in [0.1, 0.15) is 0 Å². The molecule has 0 aliphatic carbocycles. The predicted molar refractivity (Wildman–Crippen MR) is 57.8 cm³/mol. The number of nitrogens with one attached hydrogen (secondary N) is 1. The van der Waals surface area contributed by atoms with Crippen LogP contribution in [0.5, 0.6) is 0 Å². The molecule has 6 heteroatoms. The van der Waals surface area contributed by atoms with Crippen molar-refractivity contribution in [2.45, 2.75) is 19.3 Å². The molecule has 0 aromatic rings. The Labute approximate surface area is 90.9 Å². The standard InChI is InChI=1S/C9H18N2O3S/c1-11(15(2,13)14)7-5-8-4-3-6-10-9(8)12/h8H,3-7H2,1-2H3,(H,10,12). The van der Waals surface area contributed by atoms with E-state index in [1.807, 2.05) is 0 Å².